The van der Waals surface area contributed by atoms with Crippen LogP contribution < -0.4 is 26.6 Å². The van der Waals surface area contributed by atoms with E-state index in [0.717, 1.165) is 19.3 Å². The Hall–Kier alpha value is -3.26. The third-order valence-electron chi connectivity index (χ3n) is 8.01. The van der Waals surface area contributed by atoms with Gasteiger partial charge in [-0.1, -0.05) is 67.2 Å². The van der Waals surface area contributed by atoms with Crippen molar-refractivity contribution >= 4 is 35.5 Å². The number of carbonyl (C=O) groups excluding carboxylic acids is 6. The van der Waals surface area contributed by atoms with Crippen molar-refractivity contribution in [3.63, 3.8) is 0 Å². The molecule has 8 atom stereocenters. The van der Waals surface area contributed by atoms with E-state index in [9.17, 15) is 39.0 Å². The van der Waals surface area contributed by atoms with E-state index >= 15 is 0 Å². The van der Waals surface area contributed by atoms with Crippen LogP contribution in [0.3, 0.4) is 0 Å². The van der Waals surface area contributed by atoms with Crippen LogP contribution >= 0.6 is 0 Å². The van der Waals surface area contributed by atoms with Crippen molar-refractivity contribution in [2.45, 2.75) is 130 Å². The Labute approximate surface area is 266 Å². The first-order valence-corrected chi connectivity index (χ1v) is 16.1. The van der Waals surface area contributed by atoms with Crippen molar-refractivity contribution in [3.05, 3.63) is 0 Å². The first-order valence-electron chi connectivity index (χ1n) is 16.1. The van der Waals surface area contributed by atoms with Crippen LogP contribution in [-0.4, -0.2) is 95.2 Å². The Morgan fingerprint density at radius 3 is 1.93 bits per heavy atom. The molecule has 0 spiro atoms. The maximum atomic E-state index is 13.6. The Kier molecular flexibility index (Phi) is 17.7. The summed E-state index contributed by atoms with van der Waals surface area (Å²) < 4.78 is 5.65. The maximum Gasteiger partial charge on any atom is 0.325 e. The highest BCUT2D eigenvalue weighted by atomic mass is 16.5. The van der Waals surface area contributed by atoms with E-state index in [1.54, 1.807) is 13.8 Å². The molecule has 1 aliphatic rings. The minimum atomic E-state index is -1.53. The van der Waals surface area contributed by atoms with Crippen LogP contribution in [-0.2, 0) is 33.5 Å². The predicted octanol–water partition coefficient (Wildman–Crippen LogP) is 0.0390. The van der Waals surface area contributed by atoms with Gasteiger partial charge in [-0.3, -0.25) is 28.8 Å². The minimum Gasteiger partial charge on any atom is -0.460 e. The fourth-order valence-corrected chi connectivity index (χ4v) is 4.91. The van der Waals surface area contributed by atoms with E-state index in [0.29, 0.717) is 19.3 Å². The van der Waals surface area contributed by atoms with Crippen LogP contribution in [0, 0.1) is 17.8 Å². The van der Waals surface area contributed by atoms with Crippen molar-refractivity contribution in [3.8, 4) is 0 Å². The Morgan fingerprint density at radius 2 is 1.38 bits per heavy atom. The van der Waals surface area contributed by atoms with Gasteiger partial charge < -0.3 is 41.5 Å². The second-order valence-corrected chi connectivity index (χ2v) is 12.4. The largest absolute Gasteiger partial charge is 0.460 e. The van der Waals surface area contributed by atoms with Gasteiger partial charge in [-0.15, -0.1) is 0 Å². The molecule has 0 aromatic rings. The highest BCUT2D eigenvalue weighted by molar-refractivity contribution is 5.96. The molecule has 0 saturated carbocycles. The van der Waals surface area contributed by atoms with Gasteiger partial charge >= 0.3 is 5.97 Å². The number of nitrogens with one attached hydrogen (secondary N) is 5. The lowest BCUT2D eigenvalue weighted by atomic mass is 9.95. The molecule has 45 heavy (non-hydrogen) atoms. The number of ether oxygens (including phenoxy) is 1. The molecule has 0 aromatic heterocycles. The van der Waals surface area contributed by atoms with E-state index in [-0.39, 0.29) is 12.3 Å². The summed E-state index contributed by atoms with van der Waals surface area (Å²) in [6.45, 7) is 10.8. The lowest BCUT2D eigenvalue weighted by molar-refractivity contribution is -0.154. The highest BCUT2D eigenvalue weighted by Crippen LogP contribution is 2.18. The van der Waals surface area contributed by atoms with Crippen LogP contribution in [0.1, 0.15) is 93.4 Å². The molecule has 1 aliphatic heterocycles. The van der Waals surface area contributed by atoms with Gasteiger partial charge in [0.25, 0.3) is 0 Å². The predicted molar refractivity (Wildman–Crippen MR) is 166 cm³/mol. The lowest BCUT2D eigenvalue weighted by Crippen LogP contribution is -2.61. The van der Waals surface area contributed by atoms with Gasteiger partial charge in [-0.2, -0.15) is 0 Å². The number of aliphatic hydroxyl groups is 2. The SMILES string of the molecule is CCCCCC[C@H]1OC(=O)CNC(=O)[C@@H]([C@H](C)O)NC(=O)[C@H](CO)NC(=O)[C@H]([C@H](C)CC)NC(=O)[C@H](CC(C)C)NC(=O)[C@@H]1C. The van der Waals surface area contributed by atoms with Crippen LogP contribution in [0.15, 0.2) is 0 Å². The number of unbranched alkanes of at least 4 members (excludes halogenated alkanes) is 3. The number of hydrogen-bond acceptors (Lipinski definition) is 9. The molecule has 14 nitrogen and oxygen atoms in total. The molecule has 1 heterocycles. The minimum absolute atomic E-state index is 0.00977. The number of aliphatic hydroxyl groups excluding tert-OH is 2. The van der Waals surface area contributed by atoms with Gasteiger partial charge in [0, 0.05) is 0 Å². The first kappa shape index (κ1) is 39.8. The second kappa shape index (κ2) is 20.0. The molecule has 1 fully saturated rings. The highest BCUT2D eigenvalue weighted by Gasteiger charge is 2.36. The monoisotopic (exact) mass is 641 g/mol. The molecular weight excluding hydrogens is 586 g/mol. The van der Waals surface area contributed by atoms with Crippen LogP contribution in [0.2, 0.25) is 0 Å². The van der Waals surface area contributed by atoms with Gasteiger partial charge in [-0.25, -0.2) is 0 Å². The Morgan fingerprint density at radius 1 is 0.778 bits per heavy atom. The average molecular weight is 642 g/mol. The van der Waals surface area contributed by atoms with Gasteiger partial charge in [0.05, 0.1) is 18.6 Å². The number of carbonyl (C=O) groups is 6. The third kappa shape index (κ3) is 13.3. The summed E-state index contributed by atoms with van der Waals surface area (Å²) in [4.78, 5) is 79.1. The lowest BCUT2D eigenvalue weighted by Gasteiger charge is -2.30. The van der Waals surface area contributed by atoms with Crippen LogP contribution in [0.5, 0.6) is 0 Å². The molecule has 1 saturated heterocycles. The molecule has 0 aliphatic carbocycles. The average Bonchev–Trinajstić information content (AvgIpc) is 2.99. The fourth-order valence-electron chi connectivity index (χ4n) is 4.91. The smallest absolute Gasteiger partial charge is 0.325 e. The van der Waals surface area contributed by atoms with Gasteiger partial charge in [-0.05, 0) is 38.0 Å². The van der Waals surface area contributed by atoms with Crippen molar-refractivity contribution in [1.29, 1.82) is 0 Å². The van der Waals surface area contributed by atoms with Crippen molar-refractivity contribution < 1.29 is 43.7 Å². The number of cyclic esters (lactones) is 1. The third-order valence-corrected chi connectivity index (χ3v) is 8.01. The summed E-state index contributed by atoms with van der Waals surface area (Å²) in [6.07, 6.45) is 2.33. The van der Waals surface area contributed by atoms with Crippen LogP contribution in [0.4, 0.5) is 0 Å². The molecule has 1 rings (SSSR count). The molecule has 5 amide bonds. The molecule has 0 bridgehead atoms. The van der Waals surface area contributed by atoms with E-state index in [2.05, 4.69) is 33.5 Å². The summed E-state index contributed by atoms with van der Waals surface area (Å²) in [6, 6.07) is -5.20. The maximum absolute atomic E-state index is 13.6. The zero-order valence-corrected chi connectivity index (χ0v) is 27.8. The zero-order chi connectivity index (χ0) is 34.3. The molecule has 0 radical (unpaired) electrons. The van der Waals surface area contributed by atoms with Crippen molar-refractivity contribution in [2.24, 2.45) is 17.8 Å². The standard InChI is InChI=1S/C31H55N5O9/c1-8-10-11-12-13-23-19(6)27(40)33-21(14-17(3)4)28(41)35-25(18(5)9-2)31(44)34-22(16-37)29(42)36-26(20(7)38)30(43)32-15-24(39)45-23/h17-23,25-26,37-38H,8-16H2,1-7H3,(H,32,43)(H,33,40)(H,34,44)(H,35,41)(H,36,42)/t18-,19-,20+,21+,22+,23-,25+,26-/m1/s1. The van der Waals surface area contributed by atoms with E-state index in [1.165, 1.54) is 6.92 Å². The number of amides is 5. The summed E-state index contributed by atoms with van der Waals surface area (Å²) in [7, 11) is 0. The summed E-state index contributed by atoms with van der Waals surface area (Å²) in [5.41, 5.74) is 0. The van der Waals surface area contributed by atoms with Gasteiger partial charge in [0.2, 0.25) is 29.5 Å². The van der Waals surface area contributed by atoms with Crippen LogP contribution in [0.25, 0.3) is 0 Å². The zero-order valence-electron chi connectivity index (χ0n) is 27.8. The summed E-state index contributed by atoms with van der Waals surface area (Å²) in [5, 5.41) is 32.7. The topological polar surface area (TPSA) is 212 Å². The molecular formula is C31H55N5O9. The molecule has 0 unspecified atom stereocenters. The van der Waals surface area contributed by atoms with E-state index in [1.807, 2.05) is 20.8 Å². The van der Waals surface area contributed by atoms with E-state index < -0.39 is 96.9 Å². The van der Waals surface area contributed by atoms with Gasteiger partial charge in [0.15, 0.2) is 0 Å². The second-order valence-electron chi connectivity index (χ2n) is 12.4. The number of hydrogen-bond donors (Lipinski definition) is 7. The normalized spacial score (nSPS) is 27.9. The van der Waals surface area contributed by atoms with Gasteiger partial charge in [0.1, 0.15) is 36.8 Å². The quantitative estimate of drug-likeness (QED) is 0.120. The number of rotatable bonds is 11. The molecule has 258 valence electrons. The Bertz CT molecular complexity index is 1010. The fraction of sp³-hybridized carbons (Fsp3) is 0.806. The first-order chi connectivity index (χ1) is 21.2. The Balaban J connectivity index is 3.53. The number of esters is 1. The molecule has 0 aromatic carbocycles. The van der Waals surface area contributed by atoms with Crippen molar-refractivity contribution in [2.75, 3.05) is 13.2 Å². The molecule has 7 N–H and O–H groups in total. The van der Waals surface area contributed by atoms with Crippen molar-refractivity contribution in [1.82, 2.24) is 26.6 Å². The molecule has 14 heteroatoms. The summed E-state index contributed by atoms with van der Waals surface area (Å²) >= 11 is 0. The summed E-state index contributed by atoms with van der Waals surface area (Å²) in [5.74, 6) is -5.82. The van der Waals surface area contributed by atoms with E-state index in [4.69, 9.17) is 4.74 Å².